The van der Waals surface area contributed by atoms with Crippen molar-refractivity contribution < 1.29 is 13.2 Å². The summed E-state index contributed by atoms with van der Waals surface area (Å²) in [5, 5.41) is 0.998. The molecule has 15 heavy (non-hydrogen) atoms. The summed E-state index contributed by atoms with van der Waals surface area (Å²) in [4.78, 5) is 0. The number of hydrogen-bond acceptors (Lipinski definition) is 3. The van der Waals surface area contributed by atoms with Crippen LogP contribution in [-0.4, -0.2) is 38.5 Å². The largest absolute Gasteiger partial charge is 0.375 e. The van der Waals surface area contributed by atoms with E-state index in [1.54, 1.807) is 0 Å². The van der Waals surface area contributed by atoms with E-state index < -0.39 is 10.0 Å². The summed E-state index contributed by atoms with van der Waals surface area (Å²) in [7, 11) is -3.30. The van der Waals surface area contributed by atoms with Gasteiger partial charge in [0.1, 0.15) is 0 Å². The van der Waals surface area contributed by atoms with E-state index in [9.17, 15) is 8.42 Å². The smallest absolute Gasteiger partial charge is 0.235 e. The van der Waals surface area contributed by atoms with Crippen LogP contribution in [0.25, 0.3) is 0 Å². The van der Waals surface area contributed by atoms with Gasteiger partial charge in [-0.1, -0.05) is 27.4 Å². The number of nitrogens with zero attached hydrogens (tertiary/aromatic N) is 1. The van der Waals surface area contributed by atoms with E-state index in [2.05, 4.69) is 6.58 Å². The molecule has 1 aliphatic heterocycles. The minimum absolute atomic E-state index is 0.0463. The first-order valence-corrected chi connectivity index (χ1v) is 6.52. The number of hydrogen-bond donors (Lipinski definition) is 0. The van der Waals surface area contributed by atoms with Crippen LogP contribution in [0.2, 0.25) is 0 Å². The lowest BCUT2D eigenvalue weighted by Gasteiger charge is -2.38. The highest BCUT2D eigenvalue weighted by Gasteiger charge is 2.34. The van der Waals surface area contributed by atoms with Gasteiger partial charge >= 0.3 is 0 Å². The molecular weight excluding hydrogens is 214 g/mol. The summed E-state index contributed by atoms with van der Waals surface area (Å²) in [6, 6.07) is 0. The Morgan fingerprint density at radius 2 is 2.07 bits per heavy atom. The van der Waals surface area contributed by atoms with Crippen LogP contribution in [0.4, 0.5) is 0 Å². The molecule has 1 unspecified atom stereocenters. The Morgan fingerprint density at radius 1 is 1.47 bits per heavy atom. The molecule has 1 saturated heterocycles. The molecule has 0 spiro atoms. The molecule has 0 aromatic heterocycles. The maximum absolute atomic E-state index is 11.6. The molecule has 0 aromatic carbocycles. The summed E-state index contributed by atoms with van der Waals surface area (Å²) in [6.45, 7) is 10.7. The van der Waals surface area contributed by atoms with Crippen LogP contribution >= 0.6 is 0 Å². The molecule has 0 aliphatic carbocycles. The second-order valence-electron chi connectivity index (χ2n) is 4.80. The summed E-state index contributed by atoms with van der Waals surface area (Å²) >= 11 is 0. The van der Waals surface area contributed by atoms with E-state index in [1.807, 2.05) is 20.8 Å². The number of sulfonamides is 1. The van der Waals surface area contributed by atoms with E-state index >= 15 is 0 Å². The molecule has 1 aliphatic rings. The van der Waals surface area contributed by atoms with Crippen LogP contribution in [0, 0.1) is 5.41 Å². The van der Waals surface area contributed by atoms with Crippen LogP contribution in [-0.2, 0) is 14.8 Å². The standard InChI is InChI=1S/C10H19NO3S/c1-5-15(12,13)11-6-7-14-9(8-11)10(2,3)4/h5,9H,1,6-8H2,2-4H3. The second-order valence-corrected chi connectivity index (χ2v) is 6.67. The van der Waals surface area contributed by atoms with Crippen molar-refractivity contribution in [3.8, 4) is 0 Å². The lowest BCUT2D eigenvalue weighted by molar-refractivity contribution is -0.0588. The highest BCUT2D eigenvalue weighted by Crippen LogP contribution is 2.26. The van der Waals surface area contributed by atoms with Crippen LogP contribution in [0.1, 0.15) is 20.8 Å². The normalized spacial score (nSPS) is 25.1. The summed E-state index contributed by atoms with van der Waals surface area (Å²) < 4.78 is 30.2. The average Bonchev–Trinajstić information content (AvgIpc) is 2.17. The Bertz CT molecular complexity index is 329. The van der Waals surface area contributed by atoms with Crippen LogP contribution in [0.3, 0.4) is 0 Å². The molecule has 0 N–H and O–H groups in total. The fourth-order valence-electron chi connectivity index (χ4n) is 1.49. The fraction of sp³-hybridized carbons (Fsp3) is 0.800. The van der Waals surface area contributed by atoms with Crippen molar-refractivity contribution in [2.75, 3.05) is 19.7 Å². The van der Waals surface area contributed by atoms with E-state index in [4.69, 9.17) is 4.74 Å². The van der Waals surface area contributed by atoms with Gasteiger partial charge in [-0.25, -0.2) is 8.42 Å². The number of rotatable bonds is 2. The Hall–Kier alpha value is -0.390. The Labute approximate surface area is 92.0 Å². The zero-order valence-electron chi connectivity index (χ0n) is 9.56. The van der Waals surface area contributed by atoms with Gasteiger partial charge in [-0.3, -0.25) is 0 Å². The third-order valence-corrected chi connectivity index (χ3v) is 4.04. The molecule has 5 heteroatoms. The third-order valence-electron chi connectivity index (χ3n) is 2.57. The predicted molar refractivity (Wildman–Crippen MR) is 59.9 cm³/mol. The average molecular weight is 233 g/mol. The van der Waals surface area contributed by atoms with E-state index in [1.165, 1.54) is 4.31 Å². The molecule has 0 amide bonds. The lowest BCUT2D eigenvalue weighted by Crippen LogP contribution is -2.49. The maximum Gasteiger partial charge on any atom is 0.235 e. The van der Waals surface area contributed by atoms with Crippen molar-refractivity contribution in [3.05, 3.63) is 12.0 Å². The highest BCUT2D eigenvalue weighted by atomic mass is 32.2. The van der Waals surface area contributed by atoms with Crippen molar-refractivity contribution in [2.45, 2.75) is 26.9 Å². The fourth-order valence-corrected chi connectivity index (χ4v) is 2.37. The quantitative estimate of drug-likeness (QED) is 0.720. The van der Waals surface area contributed by atoms with E-state index in [0.29, 0.717) is 19.7 Å². The van der Waals surface area contributed by atoms with Crippen molar-refractivity contribution in [1.29, 1.82) is 0 Å². The highest BCUT2D eigenvalue weighted by molar-refractivity contribution is 7.92. The van der Waals surface area contributed by atoms with Gasteiger partial charge in [0, 0.05) is 18.5 Å². The molecule has 0 saturated carbocycles. The van der Waals surface area contributed by atoms with Gasteiger partial charge in [-0.05, 0) is 5.41 Å². The molecule has 0 aromatic rings. The first-order valence-electron chi connectivity index (χ1n) is 5.01. The Morgan fingerprint density at radius 3 is 2.53 bits per heavy atom. The summed E-state index contributed by atoms with van der Waals surface area (Å²) in [5.74, 6) is 0. The van der Waals surface area contributed by atoms with E-state index in [-0.39, 0.29) is 11.5 Å². The van der Waals surface area contributed by atoms with Gasteiger partial charge in [0.2, 0.25) is 10.0 Å². The van der Waals surface area contributed by atoms with Crippen LogP contribution in [0.15, 0.2) is 12.0 Å². The molecule has 1 rings (SSSR count). The van der Waals surface area contributed by atoms with Crippen molar-refractivity contribution in [1.82, 2.24) is 4.31 Å². The number of morpholine rings is 1. The lowest BCUT2D eigenvalue weighted by atomic mass is 9.88. The second kappa shape index (κ2) is 4.23. The zero-order chi connectivity index (χ0) is 11.7. The van der Waals surface area contributed by atoms with Crippen LogP contribution < -0.4 is 0 Å². The third kappa shape index (κ3) is 3.03. The predicted octanol–water partition coefficient (Wildman–Crippen LogP) is 1.21. The maximum atomic E-state index is 11.6. The molecule has 0 bridgehead atoms. The SMILES string of the molecule is C=CS(=O)(=O)N1CCOC(C(C)(C)C)C1. The first-order chi connectivity index (χ1) is 6.77. The molecule has 1 fully saturated rings. The molecular formula is C10H19NO3S. The van der Waals surface area contributed by atoms with Gasteiger partial charge < -0.3 is 4.74 Å². The Balaban J connectivity index is 2.78. The van der Waals surface area contributed by atoms with Crippen molar-refractivity contribution in [2.24, 2.45) is 5.41 Å². The Kier molecular flexibility index (Phi) is 3.58. The summed E-state index contributed by atoms with van der Waals surface area (Å²) in [5.41, 5.74) is -0.0463. The van der Waals surface area contributed by atoms with Crippen LogP contribution in [0.5, 0.6) is 0 Å². The van der Waals surface area contributed by atoms with Gasteiger partial charge in [-0.15, -0.1) is 0 Å². The first kappa shape index (κ1) is 12.7. The van der Waals surface area contributed by atoms with Gasteiger partial charge in [-0.2, -0.15) is 4.31 Å². The van der Waals surface area contributed by atoms with Gasteiger partial charge in [0.15, 0.2) is 0 Å². The zero-order valence-corrected chi connectivity index (χ0v) is 10.4. The topological polar surface area (TPSA) is 46.6 Å². The summed E-state index contributed by atoms with van der Waals surface area (Å²) in [6.07, 6.45) is -0.0547. The van der Waals surface area contributed by atoms with Gasteiger partial charge in [0.25, 0.3) is 0 Å². The van der Waals surface area contributed by atoms with Gasteiger partial charge in [0.05, 0.1) is 12.7 Å². The molecule has 1 atom stereocenters. The molecule has 0 radical (unpaired) electrons. The minimum atomic E-state index is -3.30. The monoisotopic (exact) mass is 233 g/mol. The molecule has 4 nitrogen and oxygen atoms in total. The molecule has 88 valence electrons. The van der Waals surface area contributed by atoms with Crippen molar-refractivity contribution >= 4 is 10.0 Å². The van der Waals surface area contributed by atoms with Crippen molar-refractivity contribution in [3.63, 3.8) is 0 Å². The molecule has 1 heterocycles. The number of ether oxygens (including phenoxy) is 1. The minimum Gasteiger partial charge on any atom is -0.375 e. The van der Waals surface area contributed by atoms with E-state index in [0.717, 1.165) is 5.41 Å².